The van der Waals surface area contributed by atoms with Gasteiger partial charge in [-0.2, -0.15) is 0 Å². The number of nitrogens with zero attached hydrogens (tertiary/aromatic N) is 4. The molecule has 212 valence electrons. The standard InChI is InChI=1S/C32H33FN4O4/c1-17-20-8-7-13-40-28(20)23(33)14-21(17)27-22-15-24(19-9-10-25-34-11-12-37(25)16-19)36(6)30(22)35-18(2)26(27)29(31(38)39)41-32(3,4)5/h9-12,14-16,29H,7-8,13H2,1-6H3,(H,38,39)/t29-/m0/s1. The molecule has 0 bridgehead atoms. The number of aromatic nitrogens is 4. The van der Waals surface area contributed by atoms with Crippen molar-refractivity contribution in [2.24, 2.45) is 7.05 Å². The van der Waals surface area contributed by atoms with Crippen molar-refractivity contribution in [1.82, 2.24) is 18.9 Å². The van der Waals surface area contributed by atoms with E-state index in [1.807, 2.05) is 74.3 Å². The van der Waals surface area contributed by atoms with Crippen molar-refractivity contribution >= 4 is 22.6 Å². The lowest BCUT2D eigenvalue weighted by Crippen LogP contribution is -2.28. The Hall–Kier alpha value is -4.24. The van der Waals surface area contributed by atoms with Crippen LogP contribution in [0.2, 0.25) is 0 Å². The van der Waals surface area contributed by atoms with Crippen LogP contribution in [-0.2, 0) is 23.0 Å². The second-order valence-corrected chi connectivity index (χ2v) is 11.7. The number of aryl methyl sites for hydroxylation is 2. The van der Waals surface area contributed by atoms with Crippen LogP contribution in [-0.4, -0.2) is 42.2 Å². The van der Waals surface area contributed by atoms with E-state index in [9.17, 15) is 9.90 Å². The molecule has 1 aromatic carbocycles. The van der Waals surface area contributed by atoms with Crippen molar-refractivity contribution in [2.45, 2.75) is 59.2 Å². The second-order valence-electron chi connectivity index (χ2n) is 11.7. The number of pyridine rings is 2. The zero-order valence-corrected chi connectivity index (χ0v) is 24.1. The average molecular weight is 557 g/mol. The molecule has 8 nitrogen and oxygen atoms in total. The van der Waals surface area contributed by atoms with Crippen LogP contribution in [0, 0.1) is 19.7 Å². The van der Waals surface area contributed by atoms with Crippen LogP contribution < -0.4 is 4.74 Å². The highest BCUT2D eigenvalue weighted by Crippen LogP contribution is 2.45. The number of ether oxygens (including phenoxy) is 2. The van der Waals surface area contributed by atoms with Gasteiger partial charge in [0.05, 0.1) is 17.9 Å². The Morgan fingerprint density at radius 2 is 2.00 bits per heavy atom. The van der Waals surface area contributed by atoms with Crippen molar-refractivity contribution in [1.29, 1.82) is 0 Å². The third kappa shape index (κ3) is 4.54. The summed E-state index contributed by atoms with van der Waals surface area (Å²) in [5, 5.41) is 11.2. The molecule has 1 N–H and O–H groups in total. The lowest BCUT2D eigenvalue weighted by Gasteiger charge is -2.29. The molecular formula is C32H33FN4O4. The summed E-state index contributed by atoms with van der Waals surface area (Å²) < 4.78 is 31.4. The van der Waals surface area contributed by atoms with Crippen LogP contribution in [0.4, 0.5) is 4.39 Å². The Morgan fingerprint density at radius 1 is 1.22 bits per heavy atom. The third-order valence-electron chi connectivity index (χ3n) is 7.75. The van der Waals surface area contributed by atoms with E-state index < -0.39 is 23.5 Å². The molecule has 5 heterocycles. The van der Waals surface area contributed by atoms with Crippen molar-refractivity contribution in [2.75, 3.05) is 6.61 Å². The fourth-order valence-electron chi connectivity index (χ4n) is 5.92. The highest BCUT2D eigenvalue weighted by atomic mass is 19.1. The fraction of sp³-hybridized carbons (Fsp3) is 0.344. The number of benzene rings is 1. The molecule has 0 aliphatic carbocycles. The largest absolute Gasteiger partial charge is 0.490 e. The van der Waals surface area contributed by atoms with Crippen molar-refractivity contribution < 1.29 is 23.8 Å². The maximum Gasteiger partial charge on any atom is 0.337 e. The number of fused-ring (bicyclic) bond motifs is 3. The van der Waals surface area contributed by atoms with Crippen LogP contribution in [0.5, 0.6) is 5.75 Å². The summed E-state index contributed by atoms with van der Waals surface area (Å²) in [4.78, 5) is 22.0. The van der Waals surface area contributed by atoms with Crippen LogP contribution in [0.25, 0.3) is 39.1 Å². The van der Waals surface area contributed by atoms with Crippen LogP contribution in [0.1, 0.15) is 55.7 Å². The monoisotopic (exact) mass is 556 g/mol. The van der Waals surface area contributed by atoms with Gasteiger partial charge < -0.3 is 23.5 Å². The second kappa shape index (κ2) is 9.69. The van der Waals surface area contributed by atoms with Gasteiger partial charge in [0.1, 0.15) is 11.3 Å². The van der Waals surface area contributed by atoms with Gasteiger partial charge in [-0.25, -0.2) is 19.2 Å². The summed E-state index contributed by atoms with van der Waals surface area (Å²) >= 11 is 0. The molecule has 0 fully saturated rings. The van der Waals surface area contributed by atoms with E-state index in [2.05, 4.69) is 4.98 Å². The quantitative estimate of drug-likeness (QED) is 0.263. The summed E-state index contributed by atoms with van der Waals surface area (Å²) in [7, 11) is 1.93. The molecule has 4 aromatic heterocycles. The first-order valence-corrected chi connectivity index (χ1v) is 13.7. The number of halogens is 1. The first-order chi connectivity index (χ1) is 19.4. The van der Waals surface area contributed by atoms with Gasteiger partial charge in [0.15, 0.2) is 17.7 Å². The predicted octanol–water partition coefficient (Wildman–Crippen LogP) is 6.58. The normalized spacial score (nSPS) is 14.3. The van der Waals surface area contributed by atoms with Gasteiger partial charge in [-0.3, -0.25) is 0 Å². The molecular weight excluding hydrogens is 523 g/mol. The number of carboxylic acid groups (broad SMARTS) is 1. The summed E-state index contributed by atoms with van der Waals surface area (Å²) in [6.45, 7) is 9.66. The van der Waals surface area contributed by atoms with Crippen LogP contribution >= 0.6 is 0 Å². The van der Waals surface area contributed by atoms with Crippen molar-refractivity contribution in [3.05, 3.63) is 71.1 Å². The lowest BCUT2D eigenvalue weighted by molar-refractivity contribution is -0.160. The summed E-state index contributed by atoms with van der Waals surface area (Å²) in [5.41, 5.74) is 6.37. The van der Waals surface area contributed by atoms with Gasteiger partial charge >= 0.3 is 5.97 Å². The molecule has 0 saturated carbocycles. The number of hydrogen-bond donors (Lipinski definition) is 1. The predicted molar refractivity (Wildman–Crippen MR) is 155 cm³/mol. The maximum atomic E-state index is 15.6. The van der Waals surface area contributed by atoms with E-state index in [1.54, 1.807) is 13.1 Å². The Labute approximate surface area is 237 Å². The van der Waals surface area contributed by atoms with Gasteiger partial charge in [-0.1, -0.05) is 0 Å². The minimum absolute atomic E-state index is 0.282. The summed E-state index contributed by atoms with van der Waals surface area (Å²) in [5.74, 6) is -1.31. The van der Waals surface area contributed by atoms with E-state index in [0.29, 0.717) is 41.1 Å². The molecule has 5 aromatic rings. The van der Waals surface area contributed by atoms with Gasteiger partial charge in [-0.05, 0) is 82.9 Å². The minimum atomic E-state index is -1.32. The Morgan fingerprint density at radius 3 is 2.73 bits per heavy atom. The van der Waals surface area contributed by atoms with E-state index in [4.69, 9.17) is 14.5 Å². The zero-order chi connectivity index (χ0) is 29.2. The number of carbonyl (C=O) groups is 1. The zero-order valence-electron chi connectivity index (χ0n) is 24.1. The summed E-state index contributed by atoms with van der Waals surface area (Å²) in [6, 6.07) is 7.41. The maximum absolute atomic E-state index is 15.6. The highest BCUT2D eigenvalue weighted by molar-refractivity contribution is 6.01. The number of hydrogen-bond acceptors (Lipinski definition) is 5. The van der Waals surface area contributed by atoms with E-state index >= 15 is 4.39 Å². The first kappa shape index (κ1) is 27.0. The Bertz CT molecular complexity index is 1850. The van der Waals surface area contributed by atoms with Crippen molar-refractivity contribution in [3.63, 3.8) is 0 Å². The molecule has 41 heavy (non-hydrogen) atoms. The molecule has 0 radical (unpaired) electrons. The van der Waals surface area contributed by atoms with Crippen molar-refractivity contribution in [3.8, 4) is 28.1 Å². The Balaban J connectivity index is 1.70. The SMILES string of the molecule is Cc1nc2c(cc(-c3ccc4nccn4c3)n2C)c(-c2cc(F)c3c(c2C)CCCO3)c1[C@H](OC(C)(C)C)C(=O)O. The molecule has 1 aliphatic rings. The molecule has 0 amide bonds. The molecule has 1 atom stereocenters. The molecule has 1 aliphatic heterocycles. The van der Waals surface area contributed by atoms with Gasteiger partial charge in [0.2, 0.25) is 0 Å². The minimum Gasteiger partial charge on any atom is -0.490 e. The number of rotatable bonds is 5. The lowest BCUT2D eigenvalue weighted by atomic mass is 9.86. The van der Waals surface area contributed by atoms with E-state index in [0.717, 1.165) is 39.8 Å². The average Bonchev–Trinajstić information content (AvgIpc) is 3.52. The van der Waals surface area contributed by atoms with E-state index in [1.165, 1.54) is 6.07 Å². The molecule has 0 spiro atoms. The number of carboxylic acids is 1. The Kier molecular flexibility index (Phi) is 6.37. The fourth-order valence-corrected chi connectivity index (χ4v) is 5.92. The smallest absolute Gasteiger partial charge is 0.337 e. The van der Waals surface area contributed by atoms with Gasteiger partial charge in [-0.15, -0.1) is 0 Å². The first-order valence-electron chi connectivity index (χ1n) is 13.7. The molecule has 9 heteroatoms. The number of imidazole rings is 1. The molecule has 0 saturated heterocycles. The molecule has 6 rings (SSSR count). The third-order valence-corrected chi connectivity index (χ3v) is 7.75. The number of aliphatic carboxylic acids is 1. The van der Waals surface area contributed by atoms with E-state index in [-0.39, 0.29) is 5.75 Å². The highest BCUT2D eigenvalue weighted by Gasteiger charge is 2.34. The van der Waals surface area contributed by atoms with Crippen LogP contribution in [0.3, 0.4) is 0 Å². The van der Waals surface area contributed by atoms with Gasteiger partial charge in [0.25, 0.3) is 0 Å². The summed E-state index contributed by atoms with van der Waals surface area (Å²) in [6.07, 6.45) is 5.77. The topological polar surface area (TPSA) is 90.9 Å². The molecule has 0 unspecified atom stereocenters. The van der Waals surface area contributed by atoms with Crippen LogP contribution in [0.15, 0.2) is 42.9 Å². The van der Waals surface area contributed by atoms with Gasteiger partial charge in [0, 0.05) is 59.0 Å².